The average Bonchev–Trinajstić information content (AvgIpc) is 2.37. The van der Waals surface area contributed by atoms with Crippen molar-refractivity contribution in [1.29, 1.82) is 0 Å². The molecule has 1 rings (SSSR count). The molecular formula is C12H16N2O3. The van der Waals surface area contributed by atoms with Gasteiger partial charge in [0.05, 0.1) is 19.9 Å². The molecule has 0 aromatic heterocycles. The molecule has 0 aliphatic rings. The Balaban J connectivity index is 2.47. The van der Waals surface area contributed by atoms with Crippen molar-refractivity contribution in [2.45, 2.75) is 13.3 Å². The Morgan fingerprint density at radius 3 is 2.71 bits per heavy atom. The zero-order valence-corrected chi connectivity index (χ0v) is 9.97. The van der Waals surface area contributed by atoms with Crippen molar-refractivity contribution in [1.82, 2.24) is 5.43 Å². The lowest BCUT2D eigenvalue weighted by molar-refractivity contribution is 0.171. The summed E-state index contributed by atoms with van der Waals surface area (Å²) in [7, 11) is 1.28. The average molecular weight is 236 g/mol. The van der Waals surface area contributed by atoms with E-state index in [-0.39, 0.29) is 0 Å². The number of methoxy groups -OCH3 is 1. The van der Waals surface area contributed by atoms with Crippen LogP contribution in [0.25, 0.3) is 0 Å². The first-order valence-electron chi connectivity index (χ1n) is 5.36. The van der Waals surface area contributed by atoms with Crippen LogP contribution < -0.4 is 10.2 Å². The van der Waals surface area contributed by atoms with E-state index in [1.165, 1.54) is 13.3 Å². The highest BCUT2D eigenvalue weighted by molar-refractivity contribution is 5.80. The molecule has 1 N–H and O–H groups in total. The molecule has 5 nitrogen and oxygen atoms in total. The third-order valence-corrected chi connectivity index (χ3v) is 1.91. The SMILES string of the molecule is CCCOc1ccc(/C=N/NC(=O)OC)cc1. The summed E-state index contributed by atoms with van der Waals surface area (Å²) in [6, 6.07) is 7.42. The first kappa shape index (κ1) is 13.0. The summed E-state index contributed by atoms with van der Waals surface area (Å²) in [5.41, 5.74) is 3.07. The Hall–Kier alpha value is -2.04. The van der Waals surface area contributed by atoms with Crippen molar-refractivity contribution in [2.75, 3.05) is 13.7 Å². The summed E-state index contributed by atoms with van der Waals surface area (Å²) < 4.78 is 9.80. The number of amides is 1. The van der Waals surface area contributed by atoms with Crippen LogP contribution in [0.4, 0.5) is 4.79 Å². The number of benzene rings is 1. The van der Waals surface area contributed by atoms with Gasteiger partial charge in [-0.2, -0.15) is 5.10 Å². The zero-order chi connectivity index (χ0) is 12.5. The Bertz CT molecular complexity index is 374. The topological polar surface area (TPSA) is 59.9 Å². The minimum Gasteiger partial charge on any atom is -0.494 e. The van der Waals surface area contributed by atoms with E-state index in [1.54, 1.807) is 0 Å². The number of rotatable bonds is 5. The van der Waals surface area contributed by atoms with E-state index in [0.29, 0.717) is 6.61 Å². The molecule has 1 aromatic rings. The van der Waals surface area contributed by atoms with Crippen LogP contribution in [0.3, 0.4) is 0 Å². The highest BCUT2D eigenvalue weighted by atomic mass is 16.5. The fourth-order valence-corrected chi connectivity index (χ4v) is 1.08. The van der Waals surface area contributed by atoms with Crippen LogP contribution in [-0.4, -0.2) is 26.0 Å². The van der Waals surface area contributed by atoms with Crippen LogP contribution in [0.2, 0.25) is 0 Å². The predicted octanol–water partition coefficient (Wildman–Crippen LogP) is 2.17. The van der Waals surface area contributed by atoms with Gasteiger partial charge < -0.3 is 9.47 Å². The third-order valence-electron chi connectivity index (χ3n) is 1.91. The predicted molar refractivity (Wildman–Crippen MR) is 65.4 cm³/mol. The number of carbonyl (C=O) groups is 1. The second-order valence-electron chi connectivity index (χ2n) is 3.28. The second-order valence-corrected chi connectivity index (χ2v) is 3.28. The van der Waals surface area contributed by atoms with E-state index in [1.807, 2.05) is 24.3 Å². The van der Waals surface area contributed by atoms with Gasteiger partial charge in [-0.1, -0.05) is 6.92 Å². The van der Waals surface area contributed by atoms with Crippen LogP contribution in [0.5, 0.6) is 5.75 Å². The Morgan fingerprint density at radius 1 is 1.41 bits per heavy atom. The van der Waals surface area contributed by atoms with Gasteiger partial charge in [0.1, 0.15) is 5.75 Å². The van der Waals surface area contributed by atoms with Crippen molar-refractivity contribution in [3.05, 3.63) is 29.8 Å². The van der Waals surface area contributed by atoms with Gasteiger partial charge in [0.2, 0.25) is 0 Å². The zero-order valence-electron chi connectivity index (χ0n) is 9.97. The number of ether oxygens (including phenoxy) is 2. The van der Waals surface area contributed by atoms with Crippen molar-refractivity contribution in [2.24, 2.45) is 5.10 Å². The van der Waals surface area contributed by atoms with Crippen molar-refractivity contribution < 1.29 is 14.3 Å². The van der Waals surface area contributed by atoms with Gasteiger partial charge in [0.15, 0.2) is 0 Å². The molecule has 0 spiro atoms. The van der Waals surface area contributed by atoms with Crippen molar-refractivity contribution >= 4 is 12.3 Å². The number of hydrazone groups is 1. The van der Waals surface area contributed by atoms with E-state index >= 15 is 0 Å². The molecule has 5 heteroatoms. The van der Waals surface area contributed by atoms with Gasteiger partial charge in [-0.25, -0.2) is 10.2 Å². The fourth-order valence-electron chi connectivity index (χ4n) is 1.08. The minimum absolute atomic E-state index is 0.593. The van der Waals surface area contributed by atoms with Gasteiger partial charge in [0.25, 0.3) is 0 Å². The number of nitrogens with one attached hydrogen (secondary N) is 1. The monoisotopic (exact) mass is 236 g/mol. The van der Waals surface area contributed by atoms with Crippen LogP contribution in [0.1, 0.15) is 18.9 Å². The first-order chi connectivity index (χ1) is 8.26. The van der Waals surface area contributed by atoms with Gasteiger partial charge >= 0.3 is 6.09 Å². The molecule has 0 aliphatic heterocycles. The quantitative estimate of drug-likeness (QED) is 0.629. The molecule has 1 amide bonds. The first-order valence-corrected chi connectivity index (χ1v) is 5.36. The molecule has 17 heavy (non-hydrogen) atoms. The highest BCUT2D eigenvalue weighted by Gasteiger charge is 1.94. The van der Waals surface area contributed by atoms with E-state index in [9.17, 15) is 4.79 Å². The van der Waals surface area contributed by atoms with Crippen LogP contribution in [0.15, 0.2) is 29.4 Å². The molecule has 0 saturated heterocycles. The Kier molecular flexibility index (Phi) is 5.57. The summed E-state index contributed by atoms with van der Waals surface area (Å²) in [4.78, 5) is 10.7. The molecule has 92 valence electrons. The molecule has 0 saturated carbocycles. The van der Waals surface area contributed by atoms with E-state index in [0.717, 1.165) is 17.7 Å². The molecule has 0 radical (unpaired) electrons. The highest BCUT2D eigenvalue weighted by Crippen LogP contribution is 2.11. The lowest BCUT2D eigenvalue weighted by Gasteiger charge is -2.03. The summed E-state index contributed by atoms with van der Waals surface area (Å²) in [5, 5.41) is 3.71. The van der Waals surface area contributed by atoms with Gasteiger partial charge in [-0.05, 0) is 36.2 Å². The number of nitrogens with zero attached hydrogens (tertiary/aromatic N) is 1. The third kappa shape index (κ3) is 5.01. The van der Waals surface area contributed by atoms with Crippen molar-refractivity contribution in [3.63, 3.8) is 0 Å². The van der Waals surface area contributed by atoms with Gasteiger partial charge in [-0.15, -0.1) is 0 Å². The van der Waals surface area contributed by atoms with E-state index in [4.69, 9.17) is 4.74 Å². The summed E-state index contributed by atoms with van der Waals surface area (Å²) in [6.07, 6.45) is 1.91. The van der Waals surface area contributed by atoms with E-state index in [2.05, 4.69) is 22.2 Å². The van der Waals surface area contributed by atoms with Crippen LogP contribution in [-0.2, 0) is 4.74 Å². The number of hydrogen-bond acceptors (Lipinski definition) is 4. The molecule has 0 atom stereocenters. The Labute approximate surface area is 100 Å². The molecule has 0 bridgehead atoms. The van der Waals surface area contributed by atoms with Crippen molar-refractivity contribution in [3.8, 4) is 5.75 Å². The maximum atomic E-state index is 10.7. The van der Waals surface area contributed by atoms with Gasteiger partial charge in [-0.3, -0.25) is 0 Å². The normalized spacial score (nSPS) is 10.2. The number of hydrogen-bond donors (Lipinski definition) is 1. The fraction of sp³-hybridized carbons (Fsp3) is 0.333. The molecule has 0 aliphatic carbocycles. The van der Waals surface area contributed by atoms with Crippen LogP contribution in [0, 0.1) is 0 Å². The number of carbonyl (C=O) groups excluding carboxylic acids is 1. The molecule has 0 heterocycles. The lowest BCUT2D eigenvalue weighted by atomic mass is 10.2. The lowest BCUT2D eigenvalue weighted by Crippen LogP contribution is -2.16. The van der Waals surface area contributed by atoms with Gasteiger partial charge in [0, 0.05) is 0 Å². The Morgan fingerprint density at radius 2 is 2.12 bits per heavy atom. The largest absolute Gasteiger partial charge is 0.494 e. The molecule has 0 fully saturated rings. The maximum absolute atomic E-state index is 10.7. The summed E-state index contributed by atoms with van der Waals surface area (Å²) in [6.45, 7) is 2.76. The molecule has 0 unspecified atom stereocenters. The summed E-state index contributed by atoms with van der Waals surface area (Å²) in [5.74, 6) is 0.824. The smallest absolute Gasteiger partial charge is 0.427 e. The van der Waals surface area contributed by atoms with Crippen LogP contribution >= 0.6 is 0 Å². The van der Waals surface area contributed by atoms with E-state index < -0.39 is 6.09 Å². The molecule has 1 aromatic carbocycles. The standard InChI is InChI=1S/C12H16N2O3/c1-3-8-17-11-6-4-10(5-7-11)9-13-14-12(15)16-2/h4-7,9H,3,8H2,1-2H3,(H,14,15)/b13-9+. The summed E-state index contributed by atoms with van der Waals surface area (Å²) >= 11 is 0. The maximum Gasteiger partial charge on any atom is 0.427 e. The second kappa shape index (κ2) is 7.27. The molecular weight excluding hydrogens is 220 g/mol. The minimum atomic E-state index is -0.593.